The lowest BCUT2D eigenvalue weighted by molar-refractivity contribution is 0.0696. The van der Waals surface area contributed by atoms with Crippen molar-refractivity contribution in [3.05, 3.63) is 52.8 Å². The first-order chi connectivity index (χ1) is 11.4. The minimum atomic E-state index is -3.88. The molecule has 0 bridgehead atoms. The van der Waals surface area contributed by atoms with Gasteiger partial charge in [-0.2, -0.15) is 0 Å². The minimum absolute atomic E-state index is 0.00192. The van der Waals surface area contributed by atoms with E-state index in [-0.39, 0.29) is 10.5 Å². The molecule has 0 unspecified atom stereocenters. The quantitative estimate of drug-likeness (QED) is 0.867. The number of pyridine rings is 1. The van der Waals surface area contributed by atoms with Gasteiger partial charge in [0.05, 0.1) is 21.8 Å². The van der Waals surface area contributed by atoms with Gasteiger partial charge in [0.2, 0.25) is 0 Å². The van der Waals surface area contributed by atoms with Crippen LogP contribution in [0.5, 0.6) is 0 Å². The van der Waals surface area contributed by atoms with Crippen molar-refractivity contribution in [2.75, 3.05) is 4.72 Å². The first-order valence-corrected chi connectivity index (χ1v) is 9.26. The highest BCUT2D eigenvalue weighted by molar-refractivity contribution is 7.92. The summed E-state index contributed by atoms with van der Waals surface area (Å²) in [6.07, 6.45) is 4.37. The fraction of sp³-hybridized carbons (Fsp3) is 0.294. The van der Waals surface area contributed by atoms with Crippen LogP contribution in [0.3, 0.4) is 0 Å². The lowest BCUT2D eigenvalue weighted by Crippen LogP contribution is -2.17. The smallest absolute Gasteiger partial charge is 0.335 e. The number of carbonyl (C=O) groups is 1. The van der Waals surface area contributed by atoms with Crippen molar-refractivity contribution in [1.82, 2.24) is 4.98 Å². The van der Waals surface area contributed by atoms with Crippen molar-refractivity contribution in [3.63, 3.8) is 0 Å². The minimum Gasteiger partial charge on any atom is -0.478 e. The average Bonchev–Trinajstić information content (AvgIpc) is 3.02. The topological polar surface area (TPSA) is 96.4 Å². The summed E-state index contributed by atoms with van der Waals surface area (Å²) in [5.41, 5.74) is 2.59. The summed E-state index contributed by atoms with van der Waals surface area (Å²) in [6.45, 7) is 1.89. The number of carboxylic acids is 1. The Balaban J connectivity index is 2.09. The molecule has 2 aromatic rings. The normalized spacial score (nSPS) is 13.5. The highest BCUT2D eigenvalue weighted by Gasteiger charge is 2.26. The van der Waals surface area contributed by atoms with Crippen molar-refractivity contribution in [3.8, 4) is 0 Å². The van der Waals surface area contributed by atoms with Crippen molar-refractivity contribution < 1.29 is 18.3 Å². The first-order valence-electron chi connectivity index (χ1n) is 7.78. The Kier molecular flexibility index (Phi) is 4.28. The van der Waals surface area contributed by atoms with Gasteiger partial charge in [-0.1, -0.05) is 6.92 Å². The second kappa shape index (κ2) is 6.24. The van der Waals surface area contributed by atoms with Crippen LogP contribution in [0, 0.1) is 0 Å². The van der Waals surface area contributed by atoms with E-state index in [1.807, 2.05) is 6.92 Å². The van der Waals surface area contributed by atoms with Gasteiger partial charge in [0, 0.05) is 6.20 Å². The van der Waals surface area contributed by atoms with Gasteiger partial charge in [-0.05, 0) is 61.1 Å². The van der Waals surface area contributed by atoms with Gasteiger partial charge in [-0.25, -0.2) is 13.2 Å². The SMILES string of the molecule is CCc1ncccc1NS(=O)(=O)c1cc(C(=O)O)cc2c1CCC2. The van der Waals surface area contributed by atoms with Crippen LogP contribution in [0.4, 0.5) is 5.69 Å². The summed E-state index contributed by atoms with van der Waals surface area (Å²) < 4.78 is 28.3. The molecule has 24 heavy (non-hydrogen) atoms. The number of nitrogens with one attached hydrogen (secondary N) is 1. The van der Waals surface area contributed by atoms with Crippen molar-refractivity contribution >= 4 is 21.7 Å². The fourth-order valence-electron chi connectivity index (χ4n) is 3.04. The van der Waals surface area contributed by atoms with E-state index in [0.29, 0.717) is 30.6 Å². The molecular formula is C17H18N2O4S. The molecule has 0 radical (unpaired) electrons. The number of benzene rings is 1. The number of hydrogen-bond acceptors (Lipinski definition) is 4. The van der Waals surface area contributed by atoms with Gasteiger partial charge in [0.25, 0.3) is 10.0 Å². The molecule has 7 heteroatoms. The van der Waals surface area contributed by atoms with Gasteiger partial charge < -0.3 is 5.11 Å². The zero-order valence-electron chi connectivity index (χ0n) is 13.2. The predicted octanol–water partition coefficient (Wildman–Crippen LogP) is 2.63. The largest absolute Gasteiger partial charge is 0.478 e. The molecule has 1 aliphatic rings. The van der Waals surface area contributed by atoms with Crippen molar-refractivity contribution in [2.45, 2.75) is 37.5 Å². The van der Waals surface area contributed by atoms with E-state index in [4.69, 9.17) is 0 Å². The molecule has 0 saturated carbocycles. The molecule has 0 atom stereocenters. The molecule has 0 fully saturated rings. The zero-order chi connectivity index (χ0) is 17.3. The molecule has 0 saturated heterocycles. The van der Waals surface area contributed by atoms with E-state index >= 15 is 0 Å². The molecule has 2 N–H and O–H groups in total. The summed E-state index contributed by atoms with van der Waals surface area (Å²) in [4.78, 5) is 15.5. The molecule has 1 heterocycles. The number of anilines is 1. The van der Waals surface area contributed by atoms with E-state index < -0.39 is 16.0 Å². The van der Waals surface area contributed by atoms with Gasteiger partial charge >= 0.3 is 5.97 Å². The zero-order valence-corrected chi connectivity index (χ0v) is 14.1. The molecule has 3 rings (SSSR count). The number of aromatic nitrogens is 1. The lowest BCUT2D eigenvalue weighted by atomic mass is 10.1. The van der Waals surface area contributed by atoms with Gasteiger partial charge in [-0.3, -0.25) is 9.71 Å². The summed E-state index contributed by atoms with van der Waals surface area (Å²) in [6, 6.07) is 6.14. The van der Waals surface area contributed by atoms with Gasteiger partial charge in [-0.15, -0.1) is 0 Å². The second-order valence-corrected chi connectivity index (χ2v) is 7.38. The number of rotatable bonds is 5. The molecule has 1 aliphatic carbocycles. The molecule has 1 aromatic heterocycles. The Morgan fingerprint density at radius 3 is 2.83 bits per heavy atom. The molecule has 1 aromatic carbocycles. The van der Waals surface area contributed by atoms with Crippen LogP contribution in [0.1, 0.15) is 40.5 Å². The number of hydrogen-bond donors (Lipinski definition) is 2. The first kappa shape index (κ1) is 16.4. The summed E-state index contributed by atoms with van der Waals surface area (Å²) in [7, 11) is -3.88. The van der Waals surface area contributed by atoms with E-state index in [1.165, 1.54) is 6.07 Å². The Bertz CT molecular complexity index is 907. The highest BCUT2D eigenvalue weighted by atomic mass is 32.2. The van der Waals surface area contributed by atoms with E-state index in [0.717, 1.165) is 17.5 Å². The van der Waals surface area contributed by atoms with Crippen molar-refractivity contribution in [2.24, 2.45) is 0 Å². The second-order valence-electron chi connectivity index (χ2n) is 5.73. The fourth-order valence-corrected chi connectivity index (χ4v) is 4.47. The van der Waals surface area contributed by atoms with E-state index in [1.54, 1.807) is 24.4 Å². The highest BCUT2D eigenvalue weighted by Crippen LogP contribution is 2.31. The number of sulfonamides is 1. The van der Waals surface area contributed by atoms with Crippen LogP contribution in [-0.4, -0.2) is 24.5 Å². The van der Waals surface area contributed by atoms with Gasteiger partial charge in [0.15, 0.2) is 0 Å². The maximum atomic E-state index is 12.9. The Labute approximate surface area is 140 Å². The molecule has 126 valence electrons. The maximum absolute atomic E-state index is 12.9. The number of carboxylic acid groups (broad SMARTS) is 1. The van der Waals surface area contributed by atoms with Crippen molar-refractivity contribution in [1.29, 1.82) is 0 Å². The third kappa shape index (κ3) is 2.99. The molecule has 0 aliphatic heterocycles. The molecule has 0 spiro atoms. The van der Waals surface area contributed by atoms with E-state index in [2.05, 4.69) is 9.71 Å². The summed E-state index contributed by atoms with van der Waals surface area (Å²) >= 11 is 0. The Morgan fingerprint density at radius 2 is 2.12 bits per heavy atom. The average molecular weight is 346 g/mol. The number of nitrogens with zero attached hydrogens (tertiary/aromatic N) is 1. The van der Waals surface area contributed by atoms with E-state index in [9.17, 15) is 18.3 Å². The molecule has 6 nitrogen and oxygen atoms in total. The predicted molar refractivity (Wildman–Crippen MR) is 89.8 cm³/mol. The number of aryl methyl sites for hydroxylation is 2. The Hall–Kier alpha value is -2.41. The van der Waals surface area contributed by atoms with Crippen LogP contribution < -0.4 is 4.72 Å². The lowest BCUT2D eigenvalue weighted by Gasteiger charge is -2.14. The number of aromatic carboxylic acids is 1. The monoisotopic (exact) mass is 346 g/mol. The standard InChI is InChI=1S/C17H18N2O4S/c1-2-14-15(7-4-8-18-14)19-24(22,23)16-10-12(17(20)21)9-11-5-3-6-13(11)16/h4,7-10,19H,2-3,5-6H2,1H3,(H,20,21). The van der Waals surface area contributed by atoms with Crippen LogP contribution >= 0.6 is 0 Å². The summed E-state index contributed by atoms with van der Waals surface area (Å²) in [5.74, 6) is -1.13. The van der Waals surface area contributed by atoms with Gasteiger partial charge in [0.1, 0.15) is 0 Å². The van der Waals surface area contributed by atoms with Crippen LogP contribution in [0.2, 0.25) is 0 Å². The van der Waals surface area contributed by atoms with Crippen LogP contribution in [0.15, 0.2) is 35.4 Å². The molecule has 0 amide bonds. The summed E-state index contributed by atoms with van der Waals surface area (Å²) in [5, 5.41) is 9.25. The molecular weight excluding hydrogens is 328 g/mol. The Morgan fingerprint density at radius 1 is 1.33 bits per heavy atom. The third-order valence-corrected chi connectivity index (χ3v) is 5.61. The van der Waals surface area contributed by atoms with Crippen LogP contribution in [-0.2, 0) is 29.3 Å². The third-order valence-electron chi connectivity index (χ3n) is 4.18. The van der Waals surface area contributed by atoms with Crippen LogP contribution in [0.25, 0.3) is 0 Å². The maximum Gasteiger partial charge on any atom is 0.335 e. The number of fused-ring (bicyclic) bond motifs is 1.